The topological polar surface area (TPSA) is 54.5 Å². The molecule has 0 spiro atoms. The number of anilines is 1. The number of ether oxygens (including phenoxy) is 1. The number of carbonyl (C=O) groups excluding carboxylic acids is 1. The first-order chi connectivity index (χ1) is 14.3. The number of likely N-dealkylation sites (N-methyl/N-ethyl adjacent to an activating group) is 1. The van der Waals surface area contributed by atoms with Gasteiger partial charge < -0.3 is 10.1 Å². The number of halogens is 3. The molecule has 0 aliphatic rings. The number of nitrogens with zero attached hydrogens (tertiary/aromatic N) is 2. The van der Waals surface area contributed by atoms with Crippen molar-refractivity contribution >= 4 is 22.9 Å². The van der Waals surface area contributed by atoms with Crippen LogP contribution in [0.25, 0.3) is 10.6 Å². The zero-order chi connectivity index (χ0) is 21.7. The Balaban J connectivity index is 1.62. The number of rotatable bonds is 7. The molecule has 0 radical (unpaired) electrons. The first-order valence-corrected chi connectivity index (χ1v) is 9.88. The maximum Gasteiger partial charge on any atom is 0.418 e. The maximum absolute atomic E-state index is 13.1. The first kappa shape index (κ1) is 21.8. The summed E-state index contributed by atoms with van der Waals surface area (Å²) in [5.41, 5.74) is 0.504. The second-order valence-electron chi connectivity index (χ2n) is 6.61. The molecule has 2 aromatic carbocycles. The van der Waals surface area contributed by atoms with E-state index < -0.39 is 17.6 Å². The minimum atomic E-state index is -4.54. The molecular weight excluding hydrogens is 415 g/mol. The second-order valence-corrected chi connectivity index (χ2v) is 7.47. The molecule has 0 saturated carbocycles. The van der Waals surface area contributed by atoms with Gasteiger partial charge in [0.1, 0.15) is 10.8 Å². The van der Waals surface area contributed by atoms with E-state index in [1.54, 1.807) is 19.1 Å². The summed E-state index contributed by atoms with van der Waals surface area (Å²) in [6.07, 6.45) is -4.54. The molecule has 30 heavy (non-hydrogen) atoms. The summed E-state index contributed by atoms with van der Waals surface area (Å²) < 4.78 is 44.6. The summed E-state index contributed by atoms with van der Waals surface area (Å²) in [7, 11) is 3.30. The van der Waals surface area contributed by atoms with Gasteiger partial charge in [-0.3, -0.25) is 9.69 Å². The molecule has 3 rings (SSSR count). The van der Waals surface area contributed by atoms with Crippen LogP contribution in [0.3, 0.4) is 0 Å². The van der Waals surface area contributed by atoms with Crippen LogP contribution in [0.4, 0.5) is 18.9 Å². The predicted molar refractivity (Wildman–Crippen MR) is 111 cm³/mol. The van der Waals surface area contributed by atoms with Crippen molar-refractivity contribution in [3.8, 4) is 16.3 Å². The van der Waals surface area contributed by atoms with Crippen LogP contribution in [0.2, 0.25) is 0 Å². The van der Waals surface area contributed by atoms with Crippen LogP contribution in [0.15, 0.2) is 53.9 Å². The molecule has 1 N–H and O–H groups in total. The summed E-state index contributed by atoms with van der Waals surface area (Å²) in [6, 6.07) is 12.4. The molecule has 0 saturated heterocycles. The zero-order valence-corrected chi connectivity index (χ0v) is 17.2. The largest absolute Gasteiger partial charge is 0.496 e. The zero-order valence-electron chi connectivity index (χ0n) is 16.4. The molecule has 1 amide bonds. The highest BCUT2D eigenvalue weighted by Gasteiger charge is 2.33. The van der Waals surface area contributed by atoms with Crippen molar-refractivity contribution in [2.45, 2.75) is 12.7 Å². The molecule has 9 heteroatoms. The number of para-hydroxylation sites is 2. The van der Waals surface area contributed by atoms with E-state index in [0.717, 1.165) is 28.1 Å². The molecule has 0 bridgehead atoms. The average Bonchev–Trinajstić information content (AvgIpc) is 3.15. The number of benzene rings is 2. The van der Waals surface area contributed by atoms with Gasteiger partial charge in [0.25, 0.3) is 0 Å². The molecule has 5 nitrogen and oxygen atoms in total. The molecule has 0 unspecified atom stereocenters. The standard InChI is InChI=1S/C21H20F3N3O2S/c1-27(12-19(28)26-17-9-5-4-8-16(17)21(22,23)24)11-14-13-30-20(25-14)15-7-3-6-10-18(15)29-2/h3-10,13H,11-12H2,1-2H3,(H,26,28). The van der Waals surface area contributed by atoms with Gasteiger partial charge in [-0.25, -0.2) is 4.98 Å². The summed E-state index contributed by atoms with van der Waals surface area (Å²) in [6.45, 7) is 0.299. The van der Waals surface area contributed by atoms with Crippen LogP contribution in [-0.4, -0.2) is 36.5 Å². The van der Waals surface area contributed by atoms with E-state index in [9.17, 15) is 18.0 Å². The van der Waals surface area contributed by atoms with E-state index >= 15 is 0 Å². The minimum absolute atomic E-state index is 0.0757. The highest BCUT2D eigenvalue weighted by molar-refractivity contribution is 7.13. The van der Waals surface area contributed by atoms with Crippen molar-refractivity contribution in [1.82, 2.24) is 9.88 Å². The lowest BCUT2D eigenvalue weighted by atomic mass is 10.1. The highest BCUT2D eigenvalue weighted by atomic mass is 32.1. The van der Waals surface area contributed by atoms with E-state index in [1.165, 1.54) is 29.5 Å². The molecule has 0 atom stereocenters. The van der Waals surface area contributed by atoms with Crippen LogP contribution < -0.4 is 10.1 Å². The fourth-order valence-corrected chi connectivity index (χ4v) is 3.77. The third-order valence-corrected chi connectivity index (χ3v) is 5.17. The lowest BCUT2D eigenvalue weighted by molar-refractivity contribution is -0.137. The Morgan fingerprint density at radius 2 is 1.87 bits per heavy atom. The monoisotopic (exact) mass is 435 g/mol. The van der Waals surface area contributed by atoms with E-state index in [4.69, 9.17) is 4.74 Å². The fourth-order valence-electron chi connectivity index (χ4n) is 2.93. The van der Waals surface area contributed by atoms with Gasteiger partial charge in [-0.05, 0) is 31.3 Å². The summed E-state index contributed by atoms with van der Waals surface area (Å²) >= 11 is 1.46. The van der Waals surface area contributed by atoms with Gasteiger partial charge in [0.15, 0.2) is 0 Å². The second kappa shape index (κ2) is 9.27. The lowest BCUT2D eigenvalue weighted by Crippen LogP contribution is -2.30. The number of nitrogens with one attached hydrogen (secondary N) is 1. The van der Waals surface area contributed by atoms with Gasteiger partial charge in [-0.1, -0.05) is 24.3 Å². The first-order valence-electron chi connectivity index (χ1n) is 9.00. The predicted octanol–water partition coefficient (Wildman–Crippen LogP) is 4.91. The number of hydrogen-bond donors (Lipinski definition) is 1. The lowest BCUT2D eigenvalue weighted by Gasteiger charge is -2.17. The molecule has 1 heterocycles. The number of methoxy groups -OCH3 is 1. The van der Waals surface area contributed by atoms with Crippen molar-refractivity contribution in [3.05, 3.63) is 65.2 Å². The molecule has 3 aromatic rings. The molecule has 1 aromatic heterocycles. The SMILES string of the molecule is COc1ccccc1-c1nc(CN(C)CC(=O)Nc2ccccc2C(F)(F)F)cs1. The van der Waals surface area contributed by atoms with Crippen LogP contribution >= 0.6 is 11.3 Å². The molecule has 158 valence electrons. The maximum atomic E-state index is 13.1. The van der Waals surface area contributed by atoms with E-state index in [-0.39, 0.29) is 12.2 Å². The van der Waals surface area contributed by atoms with Crippen molar-refractivity contribution in [2.24, 2.45) is 0 Å². The quantitative estimate of drug-likeness (QED) is 0.573. The summed E-state index contributed by atoms with van der Waals surface area (Å²) in [5.74, 6) is 0.184. The van der Waals surface area contributed by atoms with Gasteiger partial charge in [0.2, 0.25) is 5.91 Å². The smallest absolute Gasteiger partial charge is 0.418 e. The van der Waals surface area contributed by atoms with Crippen molar-refractivity contribution in [2.75, 3.05) is 26.0 Å². The van der Waals surface area contributed by atoms with Crippen LogP contribution in [0.5, 0.6) is 5.75 Å². The van der Waals surface area contributed by atoms with Crippen molar-refractivity contribution < 1.29 is 22.7 Å². The van der Waals surface area contributed by atoms with Gasteiger partial charge in [0, 0.05) is 11.9 Å². The Labute approximate surface area is 176 Å². The number of hydrogen-bond acceptors (Lipinski definition) is 5. The molecule has 0 aliphatic carbocycles. The number of aromatic nitrogens is 1. The van der Waals surface area contributed by atoms with Crippen molar-refractivity contribution in [1.29, 1.82) is 0 Å². The number of carbonyl (C=O) groups is 1. The Morgan fingerprint density at radius 1 is 1.17 bits per heavy atom. The number of alkyl halides is 3. The van der Waals surface area contributed by atoms with Gasteiger partial charge in [0.05, 0.1) is 36.2 Å². The van der Waals surface area contributed by atoms with E-state index in [2.05, 4.69) is 10.3 Å². The molecule has 0 aliphatic heterocycles. The Morgan fingerprint density at radius 3 is 2.60 bits per heavy atom. The van der Waals surface area contributed by atoms with E-state index in [0.29, 0.717) is 6.54 Å². The summed E-state index contributed by atoms with van der Waals surface area (Å²) in [4.78, 5) is 18.5. The van der Waals surface area contributed by atoms with Gasteiger partial charge in [-0.2, -0.15) is 13.2 Å². The van der Waals surface area contributed by atoms with E-state index in [1.807, 2.05) is 29.6 Å². The van der Waals surface area contributed by atoms with Crippen LogP contribution in [0.1, 0.15) is 11.3 Å². The normalized spacial score (nSPS) is 11.5. The van der Waals surface area contributed by atoms with Gasteiger partial charge in [-0.15, -0.1) is 11.3 Å². The van der Waals surface area contributed by atoms with Crippen LogP contribution in [0, 0.1) is 0 Å². The Kier molecular flexibility index (Phi) is 6.73. The molecular formula is C21H20F3N3O2S. The third-order valence-electron chi connectivity index (χ3n) is 4.24. The third kappa shape index (κ3) is 5.37. The molecule has 0 fully saturated rings. The Hall–Kier alpha value is -2.91. The highest BCUT2D eigenvalue weighted by Crippen LogP contribution is 2.34. The Bertz CT molecular complexity index is 1020. The number of amides is 1. The van der Waals surface area contributed by atoms with Crippen molar-refractivity contribution in [3.63, 3.8) is 0 Å². The van der Waals surface area contributed by atoms with Crippen LogP contribution in [-0.2, 0) is 17.5 Å². The summed E-state index contributed by atoms with van der Waals surface area (Å²) in [5, 5.41) is 5.02. The fraction of sp³-hybridized carbons (Fsp3) is 0.238. The average molecular weight is 435 g/mol. The number of thiazole rings is 1. The minimum Gasteiger partial charge on any atom is -0.496 e. The van der Waals surface area contributed by atoms with Gasteiger partial charge >= 0.3 is 6.18 Å².